The molecular weight excluding hydrogens is 256 g/mol. The van der Waals surface area contributed by atoms with Crippen LogP contribution in [0.1, 0.15) is 15.9 Å². The van der Waals surface area contributed by atoms with Crippen molar-refractivity contribution in [3.63, 3.8) is 0 Å². The molecule has 2 rings (SSSR count). The van der Waals surface area contributed by atoms with E-state index >= 15 is 0 Å². The molecule has 1 saturated heterocycles. The van der Waals surface area contributed by atoms with Gasteiger partial charge < -0.3 is 15.4 Å². The van der Waals surface area contributed by atoms with Crippen LogP contribution in [0.15, 0.2) is 18.2 Å². The van der Waals surface area contributed by atoms with Crippen LogP contribution >= 0.6 is 0 Å². The highest BCUT2D eigenvalue weighted by Gasteiger charge is 2.22. The van der Waals surface area contributed by atoms with Crippen LogP contribution < -0.4 is 11.3 Å². The summed E-state index contributed by atoms with van der Waals surface area (Å²) in [7, 11) is 0. The maximum atomic E-state index is 12.5. The zero-order valence-corrected chi connectivity index (χ0v) is 11.8. The average molecular weight is 278 g/mol. The van der Waals surface area contributed by atoms with Gasteiger partial charge in [0, 0.05) is 44.0 Å². The van der Waals surface area contributed by atoms with Crippen LogP contribution in [0, 0.1) is 6.92 Å². The molecule has 0 saturated carbocycles. The first kappa shape index (κ1) is 14.8. The Hall–Kier alpha value is -1.63. The highest BCUT2D eigenvalue weighted by Crippen LogP contribution is 2.17. The number of carbonyl (C=O) groups excluding carboxylic acids is 1. The number of amides is 1. The number of nitrogens with two attached hydrogens (primary N) is 1. The summed E-state index contributed by atoms with van der Waals surface area (Å²) in [4.78, 5) is 16.5. The molecule has 110 valence electrons. The topological polar surface area (TPSA) is 81.8 Å². The number of hydrazine groups is 1. The van der Waals surface area contributed by atoms with E-state index in [0.29, 0.717) is 19.6 Å². The molecule has 1 aromatic carbocycles. The average Bonchev–Trinajstić information content (AvgIpc) is 2.47. The van der Waals surface area contributed by atoms with Crippen LogP contribution in [0.2, 0.25) is 0 Å². The number of hydrogen-bond acceptors (Lipinski definition) is 5. The van der Waals surface area contributed by atoms with Gasteiger partial charge in [-0.2, -0.15) is 0 Å². The Bertz CT molecular complexity index is 470. The van der Waals surface area contributed by atoms with E-state index in [9.17, 15) is 4.79 Å². The van der Waals surface area contributed by atoms with E-state index in [2.05, 4.69) is 10.3 Å². The zero-order valence-electron chi connectivity index (χ0n) is 11.8. The summed E-state index contributed by atoms with van der Waals surface area (Å²) in [6.45, 7) is 5.79. The number of piperazine rings is 1. The normalized spacial score (nSPS) is 16.2. The minimum absolute atomic E-state index is 0.0646. The van der Waals surface area contributed by atoms with Crippen molar-refractivity contribution >= 4 is 11.6 Å². The molecule has 0 unspecified atom stereocenters. The number of rotatable bonds is 4. The molecule has 0 bridgehead atoms. The number of anilines is 1. The Labute approximate surface area is 119 Å². The quantitative estimate of drug-likeness (QED) is 0.535. The summed E-state index contributed by atoms with van der Waals surface area (Å²) in [5.74, 6) is 5.42. The molecule has 1 aliphatic rings. The molecule has 0 aliphatic carbocycles. The van der Waals surface area contributed by atoms with Gasteiger partial charge >= 0.3 is 0 Å². The lowest BCUT2D eigenvalue weighted by Gasteiger charge is -2.34. The maximum Gasteiger partial charge on any atom is 0.254 e. The standard InChI is InChI=1S/C14H22N4O2/c1-11-10-12(16-15)2-3-13(11)14(20)18-6-4-17(5-7-18)8-9-19/h2-3,10,16,19H,4-9,15H2,1H3. The fourth-order valence-corrected chi connectivity index (χ4v) is 2.48. The van der Waals surface area contributed by atoms with Crippen molar-refractivity contribution in [2.24, 2.45) is 5.84 Å². The van der Waals surface area contributed by atoms with Gasteiger partial charge in [-0.25, -0.2) is 0 Å². The van der Waals surface area contributed by atoms with Crippen LogP contribution in [-0.2, 0) is 0 Å². The fraction of sp³-hybridized carbons (Fsp3) is 0.500. The van der Waals surface area contributed by atoms with Crippen LogP contribution in [-0.4, -0.2) is 60.1 Å². The lowest BCUT2D eigenvalue weighted by Crippen LogP contribution is -2.49. The number of aliphatic hydroxyl groups is 1. The van der Waals surface area contributed by atoms with E-state index in [1.165, 1.54) is 0 Å². The van der Waals surface area contributed by atoms with E-state index in [1.54, 1.807) is 0 Å². The van der Waals surface area contributed by atoms with E-state index in [4.69, 9.17) is 10.9 Å². The third kappa shape index (κ3) is 3.27. The van der Waals surface area contributed by atoms with Crippen molar-refractivity contribution < 1.29 is 9.90 Å². The molecule has 0 aromatic heterocycles. The van der Waals surface area contributed by atoms with Gasteiger partial charge in [-0.3, -0.25) is 15.5 Å². The van der Waals surface area contributed by atoms with Gasteiger partial charge in [-0.1, -0.05) is 0 Å². The number of aryl methyl sites for hydroxylation is 1. The summed E-state index contributed by atoms with van der Waals surface area (Å²) in [5, 5.41) is 8.92. The first-order chi connectivity index (χ1) is 9.65. The van der Waals surface area contributed by atoms with Crippen molar-refractivity contribution in [2.45, 2.75) is 6.92 Å². The van der Waals surface area contributed by atoms with Crippen LogP contribution in [0.4, 0.5) is 5.69 Å². The second kappa shape index (κ2) is 6.69. The first-order valence-corrected chi connectivity index (χ1v) is 6.85. The molecule has 1 heterocycles. The zero-order chi connectivity index (χ0) is 14.5. The van der Waals surface area contributed by atoms with E-state index in [1.807, 2.05) is 30.0 Å². The van der Waals surface area contributed by atoms with Crippen molar-refractivity contribution in [2.75, 3.05) is 44.8 Å². The summed E-state index contributed by atoms with van der Waals surface area (Å²) in [6, 6.07) is 5.49. The minimum atomic E-state index is 0.0646. The Morgan fingerprint density at radius 2 is 2.05 bits per heavy atom. The number of nitrogens with one attached hydrogen (secondary N) is 1. The lowest BCUT2D eigenvalue weighted by atomic mass is 10.1. The van der Waals surface area contributed by atoms with Crippen LogP contribution in [0.25, 0.3) is 0 Å². The minimum Gasteiger partial charge on any atom is -0.395 e. The molecule has 6 heteroatoms. The summed E-state index contributed by atoms with van der Waals surface area (Å²) in [6.07, 6.45) is 0. The van der Waals surface area contributed by atoms with Crippen molar-refractivity contribution in [1.82, 2.24) is 9.80 Å². The van der Waals surface area contributed by atoms with Gasteiger partial charge in [0.05, 0.1) is 6.61 Å². The van der Waals surface area contributed by atoms with Crippen molar-refractivity contribution in [3.05, 3.63) is 29.3 Å². The first-order valence-electron chi connectivity index (χ1n) is 6.85. The van der Waals surface area contributed by atoms with E-state index < -0.39 is 0 Å². The maximum absolute atomic E-state index is 12.5. The molecule has 0 atom stereocenters. The SMILES string of the molecule is Cc1cc(NN)ccc1C(=O)N1CCN(CCO)CC1. The third-order valence-corrected chi connectivity index (χ3v) is 3.70. The number of benzene rings is 1. The molecule has 6 nitrogen and oxygen atoms in total. The molecule has 1 aliphatic heterocycles. The number of β-amino-alcohol motifs (C(OH)–C–C–N with tert-alkyl or cyclic N) is 1. The molecule has 1 amide bonds. The molecule has 0 radical (unpaired) electrons. The number of carbonyl (C=O) groups is 1. The Balaban J connectivity index is 2.02. The van der Waals surface area contributed by atoms with Crippen molar-refractivity contribution in [1.29, 1.82) is 0 Å². The number of nitrogen functional groups attached to an aromatic ring is 1. The highest BCUT2D eigenvalue weighted by atomic mass is 16.3. The van der Waals surface area contributed by atoms with Gasteiger partial charge in [0.1, 0.15) is 0 Å². The van der Waals surface area contributed by atoms with Gasteiger partial charge in [-0.15, -0.1) is 0 Å². The lowest BCUT2D eigenvalue weighted by molar-refractivity contribution is 0.0614. The van der Waals surface area contributed by atoms with Crippen LogP contribution in [0.3, 0.4) is 0 Å². The Kier molecular flexibility index (Phi) is 4.94. The molecule has 1 fully saturated rings. The van der Waals surface area contributed by atoms with E-state index in [0.717, 1.165) is 29.9 Å². The second-order valence-electron chi connectivity index (χ2n) is 5.03. The number of aliphatic hydroxyl groups excluding tert-OH is 1. The van der Waals surface area contributed by atoms with Crippen molar-refractivity contribution in [3.8, 4) is 0 Å². The fourth-order valence-electron chi connectivity index (χ4n) is 2.48. The van der Waals surface area contributed by atoms with Gasteiger partial charge in [-0.05, 0) is 30.7 Å². The summed E-state index contributed by atoms with van der Waals surface area (Å²) >= 11 is 0. The molecule has 4 N–H and O–H groups in total. The summed E-state index contributed by atoms with van der Waals surface area (Å²) < 4.78 is 0. The predicted molar refractivity (Wildman–Crippen MR) is 78.4 cm³/mol. The van der Waals surface area contributed by atoms with E-state index in [-0.39, 0.29) is 12.5 Å². The molecular formula is C14H22N4O2. The smallest absolute Gasteiger partial charge is 0.254 e. The Morgan fingerprint density at radius 3 is 2.60 bits per heavy atom. The third-order valence-electron chi connectivity index (χ3n) is 3.70. The van der Waals surface area contributed by atoms with Crippen LogP contribution in [0.5, 0.6) is 0 Å². The summed E-state index contributed by atoms with van der Waals surface area (Å²) in [5.41, 5.74) is 5.02. The van der Waals surface area contributed by atoms with Gasteiger partial charge in [0.15, 0.2) is 0 Å². The number of nitrogens with zero attached hydrogens (tertiary/aromatic N) is 2. The second-order valence-corrected chi connectivity index (χ2v) is 5.03. The Morgan fingerprint density at radius 1 is 1.35 bits per heavy atom. The molecule has 1 aromatic rings. The van der Waals surface area contributed by atoms with Gasteiger partial charge in [0.2, 0.25) is 0 Å². The number of hydrogen-bond donors (Lipinski definition) is 3. The molecule has 20 heavy (non-hydrogen) atoms. The monoisotopic (exact) mass is 278 g/mol. The predicted octanol–water partition coefficient (Wildman–Crippen LogP) is 0.0307. The largest absolute Gasteiger partial charge is 0.395 e. The molecule has 0 spiro atoms. The highest BCUT2D eigenvalue weighted by molar-refractivity contribution is 5.96. The van der Waals surface area contributed by atoms with Gasteiger partial charge in [0.25, 0.3) is 5.91 Å².